The molecule has 2 unspecified atom stereocenters. The first-order chi connectivity index (χ1) is 14.6. The molecule has 1 aliphatic rings. The van der Waals surface area contributed by atoms with Crippen molar-refractivity contribution in [1.82, 2.24) is 4.72 Å². The van der Waals surface area contributed by atoms with Crippen molar-refractivity contribution in [2.75, 3.05) is 31.2 Å². The summed E-state index contributed by atoms with van der Waals surface area (Å²) in [5, 5.41) is 21.1. The maximum absolute atomic E-state index is 13.0. The van der Waals surface area contributed by atoms with E-state index < -0.39 is 27.7 Å². The normalized spacial score (nSPS) is 16.5. The van der Waals surface area contributed by atoms with Gasteiger partial charge in [-0.2, -0.15) is 5.26 Å². The number of thiophene rings is 1. The van der Waals surface area contributed by atoms with Crippen LogP contribution in [-0.4, -0.2) is 46.3 Å². The number of carbonyl (C=O) groups is 1. The van der Waals surface area contributed by atoms with Crippen LogP contribution < -0.4 is 9.62 Å². The lowest BCUT2D eigenvalue weighted by Crippen LogP contribution is -2.37. The Labute approximate surface area is 193 Å². The van der Waals surface area contributed by atoms with Crippen molar-refractivity contribution in [3.63, 3.8) is 0 Å². The number of morpholine rings is 1. The second-order valence-corrected chi connectivity index (χ2v) is 11.5. The van der Waals surface area contributed by atoms with E-state index >= 15 is 0 Å². The van der Waals surface area contributed by atoms with E-state index in [1.807, 2.05) is 25.7 Å². The highest BCUT2D eigenvalue weighted by molar-refractivity contribution is 7.84. The van der Waals surface area contributed by atoms with Crippen LogP contribution in [0.15, 0.2) is 24.3 Å². The Morgan fingerprint density at radius 2 is 1.94 bits per heavy atom. The second kappa shape index (κ2) is 9.67. The molecule has 31 heavy (non-hydrogen) atoms. The van der Waals surface area contributed by atoms with Crippen LogP contribution in [-0.2, 0) is 15.7 Å². The second-order valence-electron chi connectivity index (χ2n) is 8.02. The molecule has 2 N–H and O–H groups in total. The van der Waals surface area contributed by atoms with Gasteiger partial charge in [-0.25, -0.2) is 13.7 Å². The molecule has 3 rings (SSSR count). The molecule has 1 aliphatic heterocycles. The molecule has 0 aliphatic carbocycles. The van der Waals surface area contributed by atoms with Gasteiger partial charge >= 0.3 is 5.97 Å². The molecule has 2 aromatic rings. The number of benzene rings is 1. The third-order valence-corrected chi connectivity index (χ3v) is 7.87. The predicted molar refractivity (Wildman–Crippen MR) is 123 cm³/mol. The minimum absolute atomic E-state index is 0.0522. The van der Waals surface area contributed by atoms with Crippen LogP contribution in [0.25, 0.3) is 0 Å². The number of anilines is 1. The Hall–Kier alpha value is -1.96. The maximum Gasteiger partial charge on any atom is 0.346 e. The molecule has 166 valence electrons. The summed E-state index contributed by atoms with van der Waals surface area (Å²) in [5.41, 5.74) is 1.27. The van der Waals surface area contributed by atoms with Gasteiger partial charge in [0, 0.05) is 23.7 Å². The number of halogens is 1. The van der Waals surface area contributed by atoms with Gasteiger partial charge < -0.3 is 14.7 Å². The number of nitrogens with zero attached hydrogens (tertiary/aromatic N) is 2. The van der Waals surface area contributed by atoms with E-state index in [1.54, 1.807) is 24.3 Å². The zero-order valence-corrected chi connectivity index (χ0v) is 19.9. The van der Waals surface area contributed by atoms with Crippen LogP contribution >= 0.6 is 22.9 Å². The fourth-order valence-corrected chi connectivity index (χ4v) is 5.32. The fourth-order valence-electron chi connectivity index (χ4n) is 3.20. The first-order valence-electron chi connectivity index (χ1n) is 9.69. The van der Waals surface area contributed by atoms with E-state index in [0.29, 0.717) is 47.5 Å². The van der Waals surface area contributed by atoms with Crippen LogP contribution in [0.4, 0.5) is 5.00 Å². The molecule has 1 fully saturated rings. The molecule has 1 aromatic carbocycles. The topological polar surface area (TPSA) is 103 Å². The van der Waals surface area contributed by atoms with E-state index in [9.17, 15) is 19.4 Å². The molecule has 0 spiro atoms. The minimum atomic E-state index is -1.52. The van der Waals surface area contributed by atoms with Crippen LogP contribution in [0.2, 0.25) is 5.02 Å². The average molecular weight is 482 g/mol. The molecular weight excluding hydrogens is 458 g/mol. The lowest BCUT2D eigenvalue weighted by Gasteiger charge is -2.28. The lowest BCUT2D eigenvalue weighted by molar-refractivity contribution is 0.0700. The molecule has 2 heterocycles. The highest BCUT2D eigenvalue weighted by Gasteiger charge is 2.34. The number of aromatic carboxylic acids is 1. The Balaban J connectivity index is 2.20. The van der Waals surface area contributed by atoms with Gasteiger partial charge in [0.25, 0.3) is 0 Å². The summed E-state index contributed by atoms with van der Waals surface area (Å²) >= 11 is 7.11. The van der Waals surface area contributed by atoms with Gasteiger partial charge in [0.05, 0.1) is 40.6 Å². The number of nitriles is 1. The van der Waals surface area contributed by atoms with Crippen molar-refractivity contribution in [3.8, 4) is 6.07 Å². The van der Waals surface area contributed by atoms with Crippen molar-refractivity contribution in [1.29, 1.82) is 5.26 Å². The zero-order valence-electron chi connectivity index (χ0n) is 17.5. The first kappa shape index (κ1) is 23.7. The molecular formula is C21H24ClN3O4S2. The fraction of sp³-hybridized carbons (Fsp3) is 0.429. The Bertz CT molecular complexity index is 1020. The van der Waals surface area contributed by atoms with Gasteiger partial charge in [-0.15, -0.1) is 11.3 Å². The number of ether oxygens (including phenoxy) is 1. The van der Waals surface area contributed by atoms with E-state index in [1.165, 1.54) is 0 Å². The minimum Gasteiger partial charge on any atom is -0.477 e. The van der Waals surface area contributed by atoms with Gasteiger partial charge in [-0.1, -0.05) is 23.7 Å². The predicted octanol–water partition coefficient (Wildman–Crippen LogP) is 3.95. The van der Waals surface area contributed by atoms with Gasteiger partial charge in [-0.05, 0) is 38.5 Å². The molecule has 2 atom stereocenters. The Morgan fingerprint density at radius 3 is 2.45 bits per heavy atom. The van der Waals surface area contributed by atoms with Crippen LogP contribution in [0.3, 0.4) is 0 Å². The third kappa shape index (κ3) is 5.27. The number of hydrogen-bond acceptors (Lipinski definition) is 6. The van der Waals surface area contributed by atoms with E-state index in [2.05, 4.69) is 10.8 Å². The maximum atomic E-state index is 13.0. The molecule has 1 aromatic heterocycles. The van der Waals surface area contributed by atoms with Crippen LogP contribution in [0.1, 0.15) is 53.2 Å². The van der Waals surface area contributed by atoms with Crippen molar-refractivity contribution in [2.24, 2.45) is 0 Å². The van der Waals surface area contributed by atoms with Crippen molar-refractivity contribution < 1.29 is 18.8 Å². The van der Waals surface area contributed by atoms with Crippen LogP contribution in [0, 0.1) is 11.3 Å². The highest BCUT2D eigenvalue weighted by atomic mass is 35.5. The molecule has 0 saturated carbocycles. The molecule has 0 radical (unpaired) electrons. The van der Waals surface area contributed by atoms with Gasteiger partial charge in [-0.3, -0.25) is 0 Å². The molecule has 1 saturated heterocycles. The van der Waals surface area contributed by atoms with Gasteiger partial charge in [0.2, 0.25) is 0 Å². The highest BCUT2D eigenvalue weighted by Crippen LogP contribution is 2.42. The summed E-state index contributed by atoms with van der Waals surface area (Å²) in [6.45, 7) is 7.63. The average Bonchev–Trinajstić information content (AvgIpc) is 3.12. The van der Waals surface area contributed by atoms with Crippen molar-refractivity contribution in [3.05, 3.63) is 50.9 Å². The summed E-state index contributed by atoms with van der Waals surface area (Å²) in [4.78, 5) is 14.2. The van der Waals surface area contributed by atoms with E-state index in [0.717, 1.165) is 11.3 Å². The van der Waals surface area contributed by atoms with Gasteiger partial charge in [0.1, 0.15) is 15.9 Å². The van der Waals surface area contributed by atoms with E-state index in [4.69, 9.17) is 16.3 Å². The molecule has 0 bridgehead atoms. The number of carboxylic acids is 1. The Morgan fingerprint density at radius 1 is 1.32 bits per heavy atom. The summed E-state index contributed by atoms with van der Waals surface area (Å²) in [6, 6.07) is 8.32. The van der Waals surface area contributed by atoms with Crippen molar-refractivity contribution in [2.45, 2.75) is 31.6 Å². The lowest BCUT2D eigenvalue weighted by atomic mass is 9.96. The number of rotatable bonds is 6. The molecule has 10 heteroatoms. The summed E-state index contributed by atoms with van der Waals surface area (Å²) in [6.07, 6.45) is 0. The SMILES string of the molecule is CC(C)(C)S(=O)NC(c1ccc(Cl)cc1)c1c(C(=O)O)sc(N2CCOCC2)c1C#N. The quantitative estimate of drug-likeness (QED) is 0.647. The molecule has 0 amide bonds. The number of hydrogen-bond donors (Lipinski definition) is 2. The summed E-state index contributed by atoms with van der Waals surface area (Å²) in [5.74, 6) is -1.13. The van der Waals surface area contributed by atoms with Gasteiger partial charge in [0.15, 0.2) is 0 Å². The number of nitrogens with one attached hydrogen (secondary N) is 1. The Kier molecular flexibility index (Phi) is 7.39. The first-order valence-corrected chi connectivity index (χ1v) is 12.0. The monoisotopic (exact) mass is 481 g/mol. The smallest absolute Gasteiger partial charge is 0.346 e. The summed E-state index contributed by atoms with van der Waals surface area (Å²) < 4.78 is 20.9. The van der Waals surface area contributed by atoms with Crippen LogP contribution in [0.5, 0.6) is 0 Å². The largest absolute Gasteiger partial charge is 0.477 e. The number of carboxylic acid groups (broad SMARTS) is 1. The standard InChI is InChI=1S/C21H24ClN3O4S2/c1-21(2,3)31(28)24-17(13-4-6-14(22)7-5-13)16-15(12-23)19(30-18(16)20(26)27)25-8-10-29-11-9-25/h4-7,17,24H,8-11H2,1-3H3,(H,26,27). The zero-order chi connectivity index (χ0) is 22.8. The van der Waals surface area contributed by atoms with Crippen molar-refractivity contribution >= 4 is 44.9 Å². The summed E-state index contributed by atoms with van der Waals surface area (Å²) in [7, 11) is -1.52. The van der Waals surface area contributed by atoms with E-state index in [-0.39, 0.29) is 10.4 Å². The third-order valence-electron chi connectivity index (χ3n) is 4.80. The molecule has 7 nitrogen and oxygen atoms in total.